The zero-order valence-electron chi connectivity index (χ0n) is 15.1. The number of fused-ring (bicyclic) bond motifs is 4. The van der Waals surface area contributed by atoms with Crippen LogP contribution < -0.4 is 4.90 Å². The Morgan fingerprint density at radius 1 is 0.808 bits per heavy atom. The summed E-state index contributed by atoms with van der Waals surface area (Å²) in [5.41, 5.74) is 7.28. The standard InChI is InChI=1S/C23H19NOS/c1-14-9-11-20-17(12-14)22-23(25-20)24(18-7-5-4-6-16(18)3)19-10-8-15(2)13-21(19)26-22/h4-13H,1-3H3/p+1. The van der Waals surface area contributed by atoms with Crippen molar-refractivity contribution in [2.24, 2.45) is 0 Å². The van der Waals surface area contributed by atoms with Gasteiger partial charge in [-0.2, -0.15) is 0 Å². The molecule has 5 rings (SSSR count). The Kier molecular flexibility index (Phi) is 3.49. The fourth-order valence-electron chi connectivity index (χ4n) is 3.73. The number of benzene rings is 3. The van der Waals surface area contributed by atoms with E-state index in [1.165, 1.54) is 48.1 Å². The molecule has 0 bridgehead atoms. The molecular formula is C23H20NOS+. The second-order valence-electron chi connectivity index (χ2n) is 7.05. The minimum Gasteiger partial charge on any atom is -0.411 e. The summed E-state index contributed by atoms with van der Waals surface area (Å²) in [7, 11) is 0. The summed E-state index contributed by atoms with van der Waals surface area (Å²) in [6, 6.07) is 21.7. The summed E-state index contributed by atoms with van der Waals surface area (Å²) in [6.45, 7) is 6.46. The van der Waals surface area contributed by atoms with Crippen molar-refractivity contribution in [1.82, 2.24) is 0 Å². The van der Waals surface area contributed by atoms with Gasteiger partial charge in [-0.25, -0.2) is 4.90 Å². The van der Waals surface area contributed by atoms with Gasteiger partial charge in [0.2, 0.25) is 0 Å². The average molecular weight is 358 g/mol. The minimum absolute atomic E-state index is 0.962. The van der Waals surface area contributed by atoms with Crippen LogP contribution in [0.25, 0.3) is 11.0 Å². The SMILES string of the molecule is Cc1ccc2c(c1)Sc1c(oc3ccc(C)cc13)[NH+]2c1ccccc1C. The predicted octanol–water partition coefficient (Wildman–Crippen LogP) is 6.00. The van der Waals surface area contributed by atoms with Gasteiger partial charge in [0.05, 0.1) is 4.90 Å². The highest BCUT2D eigenvalue weighted by Gasteiger charge is 2.36. The molecule has 1 N–H and O–H groups in total. The highest BCUT2D eigenvalue weighted by Crippen LogP contribution is 2.47. The van der Waals surface area contributed by atoms with Crippen LogP contribution in [0.1, 0.15) is 16.7 Å². The van der Waals surface area contributed by atoms with Crippen molar-refractivity contribution in [1.29, 1.82) is 0 Å². The van der Waals surface area contributed by atoms with Gasteiger partial charge >= 0.3 is 5.88 Å². The number of aryl methyl sites for hydroxylation is 3. The highest BCUT2D eigenvalue weighted by atomic mass is 32.2. The van der Waals surface area contributed by atoms with Gasteiger partial charge in [-0.05, 0) is 44.5 Å². The quantitative estimate of drug-likeness (QED) is 0.396. The number of hydrogen-bond acceptors (Lipinski definition) is 2. The molecule has 0 amide bonds. The van der Waals surface area contributed by atoms with Crippen LogP contribution in [0.5, 0.6) is 0 Å². The average Bonchev–Trinajstić information content (AvgIpc) is 2.98. The first-order valence-corrected chi connectivity index (χ1v) is 9.69. The molecular weight excluding hydrogens is 338 g/mol. The van der Waals surface area contributed by atoms with E-state index in [0.29, 0.717) is 0 Å². The molecule has 2 nitrogen and oxygen atoms in total. The topological polar surface area (TPSA) is 17.6 Å². The van der Waals surface area contributed by atoms with Crippen molar-refractivity contribution < 1.29 is 9.32 Å². The first-order chi connectivity index (χ1) is 12.6. The van der Waals surface area contributed by atoms with Crippen LogP contribution in [-0.2, 0) is 0 Å². The molecule has 2 heterocycles. The van der Waals surface area contributed by atoms with Gasteiger partial charge in [-0.15, -0.1) is 0 Å². The lowest BCUT2D eigenvalue weighted by Crippen LogP contribution is -2.97. The summed E-state index contributed by atoms with van der Waals surface area (Å²) in [5, 5.41) is 1.21. The Labute approximate surface area is 157 Å². The van der Waals surface area contributed by atoms with E-state index < -0.39 is 0 Å². The van der Waals surface area contributed by atoms with Crippen molar-refractivity contribution in [2.45, 2.75) is 30.6 Å². The van der Waals surface area contributed by atoms with E-state index in [4.69, 9.17) is 4.42 Å². The third-order valence-electron chi connectivity index (χ3n) is 5.06. The van der Waals surface area contributed by atoms with Gasteiger partial charge in [-0.1, -0.05) is 47.7 Å². The molecule has 1 atom stereocenters. The second-order valence-corrected chi connectivity index (χ2v) is 8.10. The van der Waals surface area contributed by atoms with Crippen LogP contribution in [0.15, 0.2) is 74.9 Å². The van der Waals surface area contributed by atoms with Gasteiger partial charge in [0, 0.05) is 23.1 Å². The molecule has 0 saturated carbocycles. The molecule has 1 aliphatic rings. The number of furan rings is 1. The fraction of sp³-hybridized carbons (Fsp3) is 0.130. The molecule has 128 valence electrons. The van der Waals surface area contributed by atoms with Crippen LogP contribution in [0, 0.1) is 20.8 Å². The zero-order valence-corrected chi connectivity index (χ0v) is 15.9. The van der Waals surface area contributed by atoms with Gasteiger partial charge in [0.1, 0.15) is 16.2 Å². The van der Waals surface area contributed by atoms with E-state index in [1.54, 1.807) is 0 Å². The predicted molar refractivity (Wildman–Crippen MR) is 107 cm³/mol. The Bertz CT molecular complexity index is 1160. The largest absolute Gasteiger partial charge is 0.411 e. The van der Waals surface area contributed by atoms with Crippen LogP contribution in [0.3, 0.4) is 0 Å². The molecule has 1 aliphatic heterocycles. The lowest BCUT2D eigenvalue weighted by molar-refractivity contribution is -0.697. The van der Waals surface area contributed by atoms with Gasteiger partial charge in [0.25, 0.3) is 0 Å². The van der Waals surface area contributed by atoms with E-state index in [9.17, 15) is 0 Å². The lowest BCUT2D eigenvalue weighted by atomic mass is 10.1. The molecule has 0 aliphatic carbocycles. The third kappa shape index (κ3) is 2.32. The van der Waals surface area contributed by atoms with Crippen molar-refractivity contribution in [3.05, 3.63) is 77.4 Å². The van der Waals surface area contributed by atoms with E-state index in [1.807, 2.05) is 11.8 Å². The highest BCUT2D eigenvalue weighted by molar-refractivity contribution is 8.00. The summed E-state index contributed by atoms with van der Waals surface area (Å²) in [6.07, 6.45) is 0. The lowest BCUT2D eigenvalue weighted by Gasteiger charge is -2.24. The van der Waals surface area contributed by atoms with Crippen molar-refractivity contribution in [3.63, 3.8) is 0 Å². The van der Waals surface area contributed by atoms with Crippen molar-refractivity contribution in [2.75, 3.05) is 0 Å². The number of quaternary nitrogens is 1. The summed E-state index contributed by atoms with van der Waals surface area (Å²) in [4.78, 5) is 3.75. The third-order valence-corrected chi connectivity index (χ3v) is 6.22. The van der Waals surface area contributed by atoms with Gasteiger partial charge in [0.15, 0.2) is 5.69 Å². The van der Waals surface area contributed by atoms with E-state index in [2.05, 4.69) is 81.4 Å². The minimum atomic E-state index is 0.962. The van der Waals surface area contributed by atoms with Gasteiger partial charge in [-0.3, -0.25) is 0 Å². The molecule has 0 radical (unpaired) electrons. The molecule has 26 heavy (non-hydrogen) atoms. The van der Waals surface area contributed by atoms with Crippen LogP contribution >= 0.6 is 11.8 Å². The van der Waals surface area contributed by atoms with Crippen molar-refractivity contribution >= 4 is 40.0 Å². The molecule has 3 heteroatoms. The molecule has 1 aromatic heterocycles. The molecule has 1 unspecified atom stereocenters. The van der Waals surface area contributed by atoms with Crippen LogP contribution in [-0.4, -0.2) is 0 Å². The second kappa shape index (κ2) is 5.76. The maximum absolute atomic E-state index is 6.40. The van der Waals surface area contributed by atoms with Crippen LogP contribution in [0.4, 0.5) is 17.3 Å². The molecule has 0 saturated heterocycles. The normalized spacial score (nSPS) is 15.7. The Morgan fingerprint density at radius 3 is 2.42 bits per heavy atom. The fourth-order valence-corrected chi connectivity index (χ4v) is 4.98. The smallest absolute Gasteiger partial charge is 0.320 e. The van der Waals surface area contributed by atoms with E-state index in [0.717, 1.165) is 11.5 Å². The number of hydrogen-bond donors (Lipinski definition) is 1. The number of rotatable bonds is 1. The summed E-state index contributed by atoms with van der Waals surface area (Å²) >= 11 is 1.83. The summed E-state index contributed by atoms with van der Waals surface area (Å²) < 4.78 is 6.40. The maximum Gasteiger partial charge on any atom is 0.320 e. The molecule has 4 aromatic rings. The van der Waals surface area contributed by atoms with E-state index >= 15 is 0 Å². The monoisotopic (exact) mass is 358 g/mol. The maximum atomic E-state index is 6.40. The Balaban J connectivity index is 1.84. The summed E-state index contributed by atoms with van der Waals surface area (Å²) in [5.74, 6) is 1.00. The molecule has 3 aromatic carbocycles. The number of para-hydroxylation sites is 1. The molecule has 0 fully saturated rings. The first-order valence-electron chi connectivity index (χ1n) is 8.87. The van der Waals surface area contributed by atoms with E-state index in [-0.39, 0.29) is 0 Å². The molecule has 0 spiro atoms. The Hall–Kier alpha value is -2.49. The van der Waals surface area contributed by atoms with Crippen LogP contribution in [0.2, 0.25) is 0 Å². The zero-order chi connectivity index (χ0) is 17.8. The van der Waals surface area contributed by atoms with Gasteiger partial charge < -0.3 is 4.42 Å². The first kappa shape index (κ1) is 15.7. The number of nitrogens with one attached hydrogen (secondary N) is 1. The van der Waals surface area contributed by atoms with Crippen molar-refractivity contribution in [3.8, 4) is 0 Å². The Morgan fingerprint density at radius 2 is 1.58 bits per heavy atom.